The summed E-state index contributed by atoms with van der Waals surface area (Å²) >= 11 is 0. The fourth-order valence-electron chi connectivity index (χ4n) is 3.32. The monoisotopic (exact) mass is 507 g/mol. The molecule has 0 aliphatic heterocycles. The zero-order valence-electron chi connectivity index (χ0n) is 19.4. The van der Waals surface area contributed by atoms with Gasteiger partial charge in [0.25, 0.3) is 10.0 Å². The topological polar surface area (TPSA) is 107 Å². The Balaban J connectivity index is 1.73. The lowest BCUT2D eigenvalue weighted by molar-refractivity contribution is 0.400. The Morgan fingerprint density at radius 1 is 0.972 bits per heavy atom. The van der Waals surface area contributed by atoms with E-state index in [0.29, 0.717) is 28.6 Å². The molecule has 3 heterocycles. The van der Waals surface area contributed by atoms with Crippen LogP contribution in [-0.4, -0.2) is 35.5 Å². The first-order valence-corrected chi connectivity index (χ1v) is 11.9. The summed E-state index contributed by atoms with van der Waals surface area (Å²) in [4.78, 5) is 16.2. The molecule has 182 valence electrons. The van der Waals surface area contributed by atoms with Crippen molar-refractivity contribution in [1.82, 2.24) is 19.9 Å². The highest BCUT2D eigenvalue weighted by molar-refractivity contribution is 7.92. The predicted molar refractivity (Wildman–Crippen MR) is 129 cm³/mol. The first kappa shape index (κ1) is 24.7. The smallest absolute Gasteiger partial charge is 0.264 e. The molecule has 3 aromatic heterocycles. The lowest BCUT2D eigenvalue weighted by Gasteiger charge is -2.12. The second kappa shape index (κ2) is 10.1. The molecule has 0 radical (unpaired) electrons. The van der Waals surface area contributed by atoms with E-state index < -0.39 is 26.6 Å². The van der Waals surface area contributed by atoms with Gasteiger partial charge < -0.3 is 4.74 Å². The largest absolute Gasteiger partial charge is 0.479 e. The summed E-state index contributed by atoms with van der Waals surface area (Å²) in [6, 6.07) is 7.25. The maximum atomic E-state index is 14.1. The molecule has 11 heteroatoms. The Kier molecular flexibility index (Phi) is 6.89. The number of rotatable bonds is 5. The first-order valence-electron chi connectivity index (χ1n) is 10.5. The van der Waals surface area contributed by atoms with Crippen molar-refractivity contribution in [2.75, 3.05) is 11.8 Å². The number of nitrogens with one attached hydrogen (secondary N) is 1. The van der Waals surface area contributed by atoms with Crippen molar-refractivity contribution in [2.24, 2.45) is 0 Å². The highest BCUT2D eigenvalue weighted by Gasteiger charge is 2.22. The number of hydrogen-bond donors (Lipinski definition) is 1. The third kappa shape index (κ3) is 5.29. The molecule has 36 heavy (non-hydrogen) atoms. The molecular weight excluding hydrogens is 488 g/mol. The molecular formula is C25H19F2N5O3S. The van der Waals surface area contributed by atoms with Crippen molar-refractivity contribution in [3.8, 4) is 29.0 Å². The minimum absolute atomic E-state index is 0.0566. The van der Waals surface area contributed by atoms with Crippen LogP contribution in [0.1, 0.15) is 22.5 Å². The molecule has 1 aromatic carbocycles. The number of benzene rings is 1. The zero-order chi connectivity index (χ0) is 25.9. The van der Waals surface area contributed by atoms with Gasteiger partial charge in [0.2, 0.25) is 5.88 Å². The van der Waals surface area contributed by atoms with E-state index in [1.165, 1.54) is 25.7 Å². The number of sulfonamides is 1. The van der Waals surface area contributed by atoms with Gasteiger partial charge in [-0.2, -0.15) is 0 Å². The second-order valence-electron chi connectivity index (χ2n) is 7.58. The van der Waals surface area contributed by atoms with Crippen molar-refractivity contribution >= 4 is 15.7 Å². The minimum atomic E-state index is -4.42. The number of ether oxygens (including phenoxy) is 1. The predicted octanol–water partition coefficient (Wildman–Crippen LogP) is 4.04. The molecule has 0 atom stereocenters. The average Bonchev–Trinajstić information content (AvgIpc) is 2.83. The van der Waals surface area contributed by atoms with Gasteiger partial charge in [0.15, 0.2) is 0 Å². The maximum absolute atomic E-state index is 14.1. The van der Waals surface area contributed by atoms with Gasteiger partial charge in [0, 0.05) is 35.3 Å². The van der Waals surface area contributed by atoms with E-state index >= 15 is 0 Å². The van der Waals surface area contributed by atoms with Crippen LogP contribution >= 0.6 is 0 Å². The molecule has 0 aliphatic rings. The highest BCUT2D eigenvalue weighted by atomic mass is 32.2. The van der Waals surface area contributed by atoms with E-state index in [4.69, 9.17) is 4.74 Å². The van der Waals surface area contributed by atoms with Crippen LogP contribution in [0.2, 0.25) is 0 Å². The second-order valence-corrected chi connectivity index (χ2v) is 9.23. The molecule has 1 N–H and O–H groups in total. The van der Waals surface area contributed by atoms with E-state index in [9.17, 15) is 17.2 Å². The Bertz CT molecular complexity index is 1630. The number of aromatic nitrogens is 4. The lowest BCUT2D eigenvalue weighted by Crippen LogP contribution is -2.16. The van der Waals surface area contributed by atoms with Gasteiger partial charge in [-0.3, -0.25) is 9.71 Å². The maximum Gasteiger partial charge on any atom is 0.264 e. The van der Waals surface area contributed by atoms with Crippen molar-refractivity contribution in [1.29, 1.82) is 0 Å². The fraction of sp³-hybridized carbons (Fsp3) is 0.120. The Morgan fingerprint density at radius 3 is 2.50 bits per heavy atom. The van der Waals surface area contributed by atoms with Gasteiger partial charge >= 0.3 is 0 Å². The van der Waals surface area contributed by atoms with Crippen LogP contribution in [0.5, 0.6) is 5.88 Å². The van der Waals surface area contributed by atoms with Crippen molar-refractivity contribution < 1.29 is 21.9 Å². The number of methoxy groups -OCH3 is 1. The van der Waals surface area contributed by atoms with E-state index in [-0.39, 0.29) is 11.6 Å². The summed E-state index contributed by atoms with van der Waals surface area (Å²) in [5.41, 5.74) is 3.75. The van der Waals surface area contributed by atoms with Crippen LogP contribution in [0.25, 0.3) is 11.3 Å². The van der Waals surface area contributed by atoms with Gasteiger partial charge in [0.1, 0.15) is 28.5 Å². The summed E-state index contributed by atoms with van der Waals surface area (Å²) in [5.74, 6) is 3.79. The molecule has 8 nitrogen and oxygen atoms in total. The van der Waals surface area contributed by atoms with Crippen molar-refractivity contribution in [2.45, 2.75) is 18.7 Å². The first-order chi connectivity index (χ1) is 17.2. The molecule has 0 aliphatic carbocycles. The average molecular weight is 508 g/mol. The normalized spacial score (nSPS) is 10.9. The van der Waals surface area contributed by atoms with Gasteiger partial charge in [-0.15, -0.1) is 0 Å². The summed E-state index contributed by atoms with van der Waals surface area (Å²) in [5, 5.41) is 0. The Labute approximate surface area is 206 Å². The molecule has 0 bridgehead atoms. The number of aryl methyl sites for hydroxylation is 2. The van der Waals surface area contributed by atoms with Gasteiger partial charge in [-0.25, -0.2) is 32.2 Å². The van der Waals surface area contributed by atoms with Crippen LogP contribution in [0.15, 0.2) is 60.0 Å². The third-order valence-corrected chi connectivity index (χ3v) is 6.41. The molecule has 0 fully saturated rings. The van der Waals surface area contributed by atoms with Crippen LogP contribution < -0.4 is 9.46 Å². The number of halogens is 2. The lowest BCUT2D eigenvalue weighted by atomic mass is 10.0. The van der Waals surface area contributed by atoms with E-state index in [0.717, 1.165) is 23.4 Å². The van der Waals surface area contributed by atoms with Gasteiger partial charge in [-0.1, -0.05) is 11.8 Å². The molecule has 0 unspecified atom stereocenters. The summed E-state index contributed by atoms with van der Waals surface area (Å²) in [6.07, 6.45) is 4.52. The SMILES string of the molecule is COc1ncc(C#Cc2c(C)ncnc2-c2ccnc(C)c2)cc1NS(=O)(=O)c1ccc(F)cc1F. The number of anilines is 1. The van der Waals surface area contributed by atoms with E-state index in [1.807, 2.05) is 19.1 Å². The molecule has 4 rings (SSSR count). The van der Waals surface area contributed by atoms with Crippen molar-refractivity contribution in [3.05, 3.63) is 89.3 Å². The molecule has 0 spiro atoms. The highest BCUT2D eigenvalue weighted by Crippen LogP contribution is 2.27. The van der Waals surface area contributed by atoms with E-state index in [2.05, 4.69) is 36.5 Å². The number of pyridine rings is 2. The summed E-state index contributed by atoms with van der Waals surface area (Å²) < 4.78 is 60.2. The molecule has 0 saturated carbocycles. The summed E-state index contributed by atoms with van der Waals surface area (Å²) in [7, 11) is -3.11. The van der Waals surface area contributed by atoms with Gasteiger partial charge in [0.05, 0.1) is 24.1 Å². The summed E-state index contributed by atoms with van der Waals surface area (Å²) in [6.45, 7) is 3.67. The van der Waals surface area contributed by atoms with Crippen LogP contribution in [0.3, 0.4) is 0 Å². The zero-order valence-corrected chi connectivity index (χ0v) is 20.2. The third-order valence-electron chi connectivity index (χ3n) is 5.01. The molecule has 0 amide bonds. The van der Waals surface area contributed by atoms with Crippen LogP contribution in [0.4, 0.5) is 14.5 Å². The molecule has 4 aromatic rings. The minimum Gasteiger partial charge on any atom is -0.479 e. The Hall–Kier alpha value is -4.43. The van der Waals surface area contributed by atoms with E-state index in [1.54, 1.807) is 13.1 Å². The standard InChI is InChI=1S/C25H19F2N5O3S/c1-15-10-18(8-9-28-15)24-20(16(2)30-14-31-24)6-4-17-11-22(25(35-3)29-13-17)32-36(33,34)23-7-5-19(26)12-21(23)27/h5,7-14,32H,1-3H3. The quantitative estimate of drug-likeness (QED) is 0.406. The number of hydrogen-bond acceptors (Lipinski definition) is 7. The van der Waals surface area contributed by atoms with Crippen LogP contribution in [0, 0.1) is 37.3 Å². The van der Waals surface area contributed by atoms with Crippen molar-refractivity contribution in [3.63, 3.8) is 0 Å². The Morgan fingerprint density at radius 2 is 1.78 bits per heavy atom. The van der Waals surface area contributed by atoms with Gasteiger partial charge in [-0.05, 0) is 44.2 Å². The molecule has 0 saturated heterocycles. The number of nitrogens with zero attached hydrogens (tertiary/aromatic N) is 4. The van der Waals surface area contributed by atoms with Crippen LogP contribution in [-0.2, 0) is 10.0 Å². The fourth-order valence-corrected chi connectivity index (χ4v) is 4.43.